The predicted molar refractivity (Wildman–Crippen MR) is 125 cm³/mol. The van der Waals surface area contributed by atoms with Crippen molar-refractivity contribution < 1.29 is 19.2 Å². The van der Waals surface area contributed by atoms with Crippen LogP contribution in [-0.2, 0) is 19.2 Å². The van der Waals surface area contributed by atoms with Gasteiger partial charge in [-0.2, -0.15) is 0 Å². The van der Waals surface area contributed by atoms with Gasteiger partial charge in [0.1, 0.15) is 0 Å². The number of amides is 4. The van der Waals surface area contributed by atoms with Gasteiger partial charge in [0.2, 0.25) is 23.6 Å². The summed E-state index contributed by atoms with van der Waals surface area (Å²) in [5, 5.41) is 1.03. The number of imide groups is 2. The Morgan fingerprint density at radius 2 is 1.24 bits per heavy atom. The van der Waals surface area contributed by atoms with Gasteiger partial charge in [-0.25, -0.2) is 4.90 Å². The van der Waals surface area contributed by atoms with E-state index in [0.717, 1.165) is 5.57 Å². The molecule has 3 aliphatic rings. The van der Waals surface area contributed by atoms with Crippen molar-refractivity contribution in [3.63, 3.8) is 0 Å². The van der Waals surface area contributed by atoms with Crippen LogP contribution in [0, 0.1) is 23.7 Å². The zero-order chi connectivity index (χ0) is 23.4. The van der Waals surface area contributed by atoms with E-state index in [9.17, 15) is 19.2 Å². The number of nitrogens with zero attached hydrogens (tertiary/aromatic N) is 2. The smallest absolute Gasteiger partial charge is 0.241 e. The number of rotatable bonds is 3. The topological polar surface area (TPSA) is 74.8 Å². The highest BCUT2D eigenvalue weighted by molar-refractivity contribution is 6.31. The molecule has 0 aromatic heterocycles. The molecule has 1 aliphatic carbocycles. The van der Waals surface area contributed by atoms with E-state index in [1.54, 1.807) is 48.5 Å². The van der Waals surface area contributed by atoms with E-state index in [2.05, 4.69) is 0 Å². The molecular weight excluding hydrogens is 463 g/mol. The van der Waals surface area contributed by atoms with Crippen LogP contribution in [0.1, 0.15) is 19.8 Å². The number of carbonyl (C=O) groups is 4. The zero-order valence-corrected chi connectivity index (χ0v) is 19.2. The molecule has 0 spiro atoms. The summed E-state index contributed by atoms with van der Waals surface area (Å²) < 4.78 is 0. The van der Waals surface area contributed by atoms with Crippen LogP contribution in [-0.4, -0.2) is 23.6 Å². The van der Waals surface area contributed by atoms with Crippen molar-refractivity contribution in [2.75, 3.05) is 9.80 Å². The normalized spacial score (nSPS) is 27.3. The van der Waals surface area contributed by atoms with Crippen molar-refractivity contribution in [2.24, 2.45) is 23.7 Å². The third-order valence-electron chi connectivity index (χ3n) is 6.79. The lowest BCUT2D eigenvalue weighted by Crippen LogP contribution is -2.35. The molecule has 2 saturated heterocycles. The van der Waals surface area contributed by atoms with Crippen LogP contribution in [0.25, 0.3) is 0 Å². The highest BCUT2D eigenvalue weighted by atomic mass is 35.5. The highest BCUT2D eigenvalue weighted by Gasteiger charge is 2.53. The predicted octanol–water partition coefficient (Wildman–Crippen LogP) is 4.64. The van der Waals surface area contributed by atoms with Crippen LogP contribution < -0.4 is 9.80 Å². The van der Waals surface area contributed by atoms with Crippen LogP contribution in [0.5, 0.6) is 0 Å². The van der Waals surface area contributed by atoms with Crippen LogP contribution in [0.2, 0.25) is 10.0 Å². The second-order valence-corrected chi connectivity index (χ2v) is 9.61. The fourth-order valence-corrected chi connectivity index (χ4v) is 5.51. The number of anilines is 2. The van der Waals surface area contributed by atoms with Crippen molar-refractivity contribution in [2.45, 2.75) is 19.8 Å². The molecule has 4 amide bonds. The maximum Gasteiger partial charge on any atom is 0.241 e. The summed E-state index contributed by atoms with van der Waals surface area (Å²) in [6.07, 6.45) is 2.31. The molecular formula is C25H20Cl2N2O4. The molecule has 0 saturated carbocycles. The summed E-state index contributed by atoms with van der Waals surface area (Å²) >= 11 is 11.9. The van der Waals surface area contributed by atoms with Gasteiger partial charge >= 0.3 is 0 Å². The molecule has 2 fully saturated rings. The Bertz CT molecular complexity index is 1210. The first-order valence-electron chi connectivity index (χ1n) is 10.7. The van der Waals surface area contributed by atoms with Crippen LogP contribution in [0.4, 0.5) is 11.4 Å². The molecule has 5 rings (SSSR count). The molecule has 2 heterocycles. The average Bonchev–Trinajstić information content (AvgIpc) is 3.22. The molecule has 4 atom stereocenters. The fraction of sp³-hybridized carbons (Fsp3) is 0.280. The Kier molecular flexibility index (Phi) is 5.38. The van der Waals surface area contributed by atoms with E-state index >= 15 is 0 Å². The molecule has 0 bridgehead atoms. The van der Waals surface area contributed by atoms with E-state index in [1.165, 1.54) is 9.80 Å². The monoisotopic (exact) mass is 482 g/mol. The van der Waals surface area contributed by atoms with Crippen LogP contribution >= 0.6 is 23.2 Å². The largest absolute Gasteiger partial charge is 0.274 e. The van der Waals surface area contributed by atoms with Crippen molar-refractivity contribution in [3.05, 3.63) is 70.2 Å². The SMILES string of the molecule is CC1=CC(C2CC(=O)N(c3ccc(Cl)cc3)C2=O)CC2C(=O)N(c3ccc(Cl)cc3)C(=O)C12. The lowest BCUT2D eigenvalue weighted by Gasteiger charge is -2.29. The Morgan fingerprint density at radius 1 is 0.727 bits per heavy atom. The first-order valence-corrected chi connectivity index (χ1v) is 11.5. The minimum absolute atomic E-state index is 0.0658. The summed E-state index contributed by atoms with van der Waals surface area (Å²) in [6.45, 7) is 1.82. The molecule has 2 aromatic carbocycles. The third-order valence-corrected chi connectivity index (χ3v) is 7.29. The number of hydrogen-bond donors (Lipinski definition) is 0. The molecule has 33 heavy (non-hydrogen) atoms. The van der Waals surface area contributed by atoms with Crippen LogP contribution in [0.15, 0.2) is 60.2 Å². The Morgan fingerprint density at radius 3 is 1.82 bits per heavy atom. The summed E-state index contributed by atoms with van der Waals surface area (Å²) in [5.41, 5.74) is 1.72. The van der Waals surface area contributed by atoms with E-state index in [0.29, 0.717) is 27.8 Å². The molecule has 2 aromatic rings. The van der Waals surface area contributed by atoms with Gasteiger partial charge in [0.25, 0.3) is 0 Å². The fourth-order valence-electron chi connectivity index (χ4n) is 5.26. The van der Waals surface area contributed by atoms with Gasteiger partial charge < -0.3 is 0 Å². The van der Waals surface area contributed by atoms with Crippen molar-refractivity contribution in [1.82, 2.24) is 0 Å². The van der Waals surface area contributed by atoms with Gasteiger partial charge in [0.05, 0.1) is 29.1 Å². The second kappa shape index (κ2) is 8.12. The number of benzene rings is 2. The van der Waals surface area contributed by atoms with Gasteiger partial charge in [-0.05, 0) is 67.8 Å². The van der Waals surface area contributed by atoms with Gasteiger partial charge in [-0.1, -0.05) is 34.9 Å². The quantitative estimate of drug-likeness (QED) is 0.471. The lowest BCUT2D eigenvalue weighted by molar-refractivity contribution is -0.125. The highest BCUT2D eigenvalue weighted by Crippen LogP contribution is 2.46. The Balaban J connectivity index is 1.41. The van der Waals surface area contributed by atoms with Crippen molar-refractivity contribution in [3.8, 4) is 0 Å². The van der Waals surface area contributed by atoms with E-state index in [-0.39, 0.29) is 36.0 Å². The van der Waals surface area contributed by atoms with Gasteiger partial charge in [-0.3, -0.25) is 24.1 Å². The number of allylic oxidation sites excluding steroid dienone is 1. The minimum atomic E-state index is -0.573. The molecule has 4 unspecified atom stereocenters. The number of carbonyl (C=O) groups excluding carboxylic acids is 4. The number of hydrogen-bond acceptors (Lipinski definition) is 4. The van der Waals surface area contributed by atoms with Gasteiger partial charge in [0.15, 0.2) is 0 Å². The zero-order valence-electron chi connectivity index (χ0n) is 17.7. The first-order chi connectivity index (χ1) is 15.8. The molecule has 168 valence electrons. The molecule has 0 radical (unpaired) electrons. The van der Waals surface area contributed by atoms with Gasteiger partial charge in [-0.15, -0.1) is 0 Å². The summed E-state index contributed by atoms with van der Waals surface area (Å²) in [7, 11) is 0. The van der Waals surface area contributed by atoms with Crippen molar-refractivity contribution >= 4 is 58.2 Å². The molecule has 2 aliphatic heterocycles. The number of halogens is 2. The Labute approximate surface area is 200 Å². The summed E-state index contributed by atoms with van der Waals surface area (Å²) in [6, 6.07) is 13.1. The minimum Gasteiger partial charge on any atom is -0.274 e. The number of fused-ring (bicyclic) bond motifs is 1. The standard InChI is InChI=1S/C25H20Cl2N2O4/c1-13-10-14(19-12-21(30)28(23(19)31)17-6-2-15(26)3-7-17)11-20-22(13)25(33)29(24(20)32)18-8-4-16(27)5-9-18/h2-10,14,19-20,22H,11-12H2,1H3. The van der Waals surface area contributed by atoms with E-state index in [1.807, 2.05) is 13.0 Å². The lowest BCUT2D eigenvalue weighted by atomic mass is 9.71. The molecule has 6 nitrogen and oxygen atoms in total. The van der Waals surface area contributed by atoms with Crippen LogP contribution in [0.3, 0.4) is 0 Å². The Hall–Kier alpha value is -2.96. The maximum absolute atomic E-state index is 13.3. The first kappa shape index (κ1) is 21.9. The third kappa shape index (κ3) is 3.58. The van der Waals surface area contributed by atoms with Crippen molar-refractivity contribution in [1.29, 1.82) is 0 Å². The molecule has 0 N–H and O–H groups in total. The van der Waals surface area contributed by atoms with Gasteiger partial charge in [0, 0.05) is 16.5 Å². The van der Waals surface area contributed by atoms with E-state index < -0.39 is 17.8 Å². The summed E-state index contributed by atoms with van der Waals surface area (Å²) in [4.78, 5) is 54.8. The summed E-state index contributed by atoms with van der Waals surface area (Å²) in [5.74, 6) is -3.11. The average molecular weight is 483 g/mol. The maximum atomic E-state index is 13.3. The van der Waals surface area contributed by atoms with E-state index in [4.69, 9.17) is 23.2 Å². The second-order valence-electron chi connectivity index (χ2n) is 8.74. The molecule has 8 heteroatoms.